The average Bonchev–Trinajstić information content (AvgIpc) is 2.26. The predicted octanol–water partition coefficient (Wildman–Crippen LogP) is 1.07. The number of aliphatic hydroxyl groups is 2. The summed E-state index contributed by atoms with van der Waals surface area (Å²) in [7, 11) is 0. The van der Waals surface area contributed by atoms with E-state index in [0.717, 1.165) is 0 Å². The molecule has 0 radical (unpaired) electrons. The van der Waals surface area contributed by atoms with Gasteiger partial charge in [0.1, 0.15) is 6.10 Å². The molecule has 1 rings (SSSR count). The van der Waals surface area contributed by atoms with Crippen molar-refractivity contribution in [2.24, 2.45) is 0 Å². The van der Waals surface area contributed by atoms with Crippen LogP contribution in [0.2, 0.25) is 5.02 Å². The van der Waals surface area contributed by atoms with Gasteiger partial charge in [-0.1, -0.05) is 23.7 Å². The molecule has 15 heavy (non-hydrogen) atoms. The lowest BCUT2D eigenvalue weighted by molar-refractivity contribution is 0.0522. The van der Waals surface area contributed by atoms with Crippen molar-refractivity contribution in [2.75, 3.05) is 0 Å². The normalized spacial score (nSPS) is 14.0. The molecular formula is C10H8ClNO3. The highest BCUT2D eigenvalue weighted by Crippen LogP contribution is 2.25. The number of carbonyl (C=O) groups is 1. The molecule has 0 aliphatic heterocycles. The Labute approximate surface area is 91.3 Å². The zero-order chi connectivity index (χ0) is 11.4. The topological polar surface area (TPSA) is 81.3 Å². The summed E-state index contributed by atoms with van der Waals surface area (Å²) in [5.41, 5.74) is 0.229. The van der Waals surface area contributed by atoms with E-state index in [4.69, 9.17) is 22.0 Å². The molecule has 1 aromatic carbocycles. The lowest BCUT2D eigenvalue weighted by Gasteiger charge is -2.14. The van der Waals surface area contributed by atoms with E-state index >= 15 is 0 Å². The Morgan fingerprint density at radius 3 is 2.67 bits per heavy atom. The van der Waals surface area contributed by atoms with Gasteiger partial charge in [-0.2, -0.15) is 5.26 Å². The molecule has 5 heteroatoms. The van der Waals surface area contributed by atoms with Gasteiger partial charge in [-0.3, -0.25) is 4.79 Å². The Hall–Kier alpha value is -1.41. The number of hydrogen-bond donors (Lipinski definition) is 2. The van der Waals surface area contributed by atoms with Crippen molar-refractivity contribution in [2.45, 2.75) is 12.2 Å². The fraction of sp³-hybridized carbons (Fsp3) is 0.200. The Kier molecular flexibility index (Phi) is 3.81. The van der Waals surface area contributed by atoms with Crippen LogP contribution in [0.3, 0.4) is 0 Å². The Morgan fingerprint density at radius 2 is 2.13 bits per heavy atom. The summed E-state index contributed by atoms with van der Waals surface area (Å²) < 4.78 is 0. The molecule has 0 fully saturated rings. The van der Waals surface area contributed by atoms with Gasteiger partial charge < -0.3 is 10.2 Å². The Bertz CT molecular complexity index is 414. The molecule has 1 aromatic rings. The molecule has 0 saturated heterocycles. The first-order chi connectivity index (χ1) is 7.11. The zero-order valence-corrected chi connectivity index (χ0v) is 8.35. The third-order valence-corrected chi connectivity index (χ3v) is 2.28. The number of rotatable bonds is 3. The molecule has 0 amide bonds. The van der Waals surface area contributed by atoms with Crippen molar-refractivity contribution in [3.8, 4) is 6.07 Å². The number of halogens is 1. The molecule has 0 spiro atoms. The first kappa shape index (κ1) is 11.7. The first-order valence-corrected chi connectivity index (χ1v) is 4.49. The lowest BCUT2D eigenvalue weighted by atomic mass is 10.00. The van der Waals surface area contributed by atoms with E-state index in [0.29, 0.717) is 6.29 Å². The van der Waals surface area contributed by atoms with Gasteiger partial charge in [-0.15, -0.1) is 0 Å². The Morgan fingerprint density at radius 1 is 1.47 bits per heavy atom. The van der Waals surface area contributed by atoms with Crippen molar-refractivity contribution in [1.29, 1.82) is 5.26 Å². The molecule has 0 aromatic heterocycles. The van der Waals surface area contributed by atoms with Crippen LogP contribution in [-0.4, -0.2) is 22.6 Å². The molecule has 2 N–H and O–H groups in total. The maximum Gasteiger partial charge on any atom is 0.170 e. The summed E-state index contributed by atoms with van der Waals surface area (Å²) in [4.78, 5) is 10.7. The van der Waals surface area contributed by atoms with Gasteiger partial charge >= 0.3 is 0 Å². The second-order valence-corrected chi connectivity index (χ2v) is 3.29. The number of aliphatic hydroxyl groups excluding tert-OH is 2. The van der Waals surface area contributed by atoms with E-state index in [1.807, 2.05) is 0 Å². The highest BCUT2D eigenvalue weighted by Gasteiger charge is 2.21. The second-order valence-electron chi connectivity index (χ2n) is 2.88. The van der Waals surface area contributed by atoms with E-state index in [1.54, 1.807) is 0 Å². The Balaban J connectivity index is 3.20. The van der Waals surface area contributed by atoms with Gasteiger partial charge in [0, 0.05) is 5.56 Å². The van der Waals surface area contributed by atoms with Gasteiger partial charge in [0.2, 0.25) is 0 Å². The van der Waals surface area contributed by atoms with Crippen LogP contribution >= 0.6 is 11.6 Å². The zero-order valence-electron chi connectivity index (χ0n) is 7.59. The van der Waals surface area contributed by atoms with E-state index in [-0.39, 0.29) is 16.1 Å². The molecule has 4 nitrogen and oxygen atoms in total. The summed E-state index contributed by atoms with van der Waals surface area (Å²) in [5, 5.41) is 27.2. The maximum absolute atomic E-state index is 10.7. The number of nitriles is 1. The quantitative estimate of drug-likeness (QED) is 0.596. The largest absolute Gasteiger partial charge is 0.385 e. The van der Waals surface area contributed by atoms with E-state index in [9.17, 15) is 9.90 Å². The van der Waals surface area contributed by atoms with Crippen LogP contribution in [0.15, 0.2) is 18.2 Å². The first-order valence-electron chi connectivity index (χ1n) is 4.11. The van der Waals surface area contributed by atoms with Crippen molar-refractivity contribution in [1.82, 2.24) is 0 Å². The van der Waals surface area contributed by atoms with E-state index < -0.39 is 12.2 Å². The number of aldehydes is 1. The van der Waals surface area contributed by atoms with Crippen molar-refractivity contribution in [3.63, 3.8) is 0 Å². The number of carbonyl (C=O) groups excluding carboxylic acids is 1. The van der Waals surface area contributed by atoms with Crippen LogP contribution in [0.25, 0.3) is 0 Å². The van der Waals surface area contributed by atoms with Gasteiger partial charge in [0.05, 0.1) is 11.1 Å². The smallest absolute Gasteiger partial charge is 0.170 e. The predicted molar refractivity (Wildman–Crippen MR) is 53.4 cm³/mol. The minimum Gasteiger partial charge on any atom is -0.385 e. The molecule has 78 valence electrons. The van der Waals surface area contributed by atoms with Crippen molar-refractivity contribution >= 4 is 17.9 Å². The summed E-state index contributed by atoms with van der Waals surface area (Å²) in [6.45, 7) is 0. The summed E-state index contributed by atoms with van der Waals surface area (Å²) in [5.74, 6) is 0. The monoisotopic (exact) mass is 225 g/mol. The van der Waals surface area contributed by atoms with Crippen LogP contribution < -0.4 is 0 Å². The maximum atomic E-state index is 10.7. The van der Waals surface area contributed by atoms with Crippen molar-refractivity contribution < 1.29 is 15.0 Å². The van der Waals surface area contributed by atoms with Crippen molar-refractivity contribution in [3.05, 3.63) is 34.3 Å². The fourth-order valence-corrected chi connectivity index (χ4v) is 1.40. The number of hydrogen-bond acceptors (Lipinski definition) is 4. The molecule has 0 saturated carbocycles. The highest BCUT2D eigenvalue weighted by molar-refractivity contribution is 6.33. The third-order valence-electron chi connectivity index (χ3n) is 1.95. The third kappa shape index (κ3) is 2.34. The van der Waals surface area contributed by atoms with Gasteiger partial charge in [0.25, 0.3) is 0 Å². The van der Waals surface area contributed by atoms with Gasteiger partial charge in [-0.25, -0.2) is 0 Å². The van der Waals surface area contributed by atoms with E-state index in [1.165, 1.54) is 24.3 Å². The molecule has 2 atom stereocenters. The lowest BCUT2D eigenvalue weighted by Crippen LogP contribution is -2.17. The van der Waals surface area contributed by atoms with Crippen LogP contribution in [0.1, 0.15) is 22.0 Å². The standard InChI is InChI=1S/C10H8ClNO3/c11-8-3-1-2-6(7(8)5-13)10(15)9(14)4-12/h1-3,5,9-10,14-15H. The molecule has 0 aliphatic carbocycles. The van der Waals surface area contributed by atoms with E-state index in [2.05, 4.69) is 0 Å². The van der Waals surface area contributed by atoms with Crippen LogP contribution in [-0.2, 0) is 0 Å². The van der Waals surface area contributed by atoms with Crippen LogP contribution in [0, 0.1) is 11.3 Å². The molecule has 0 heterocycles. The number of benzene rings is 1. The van der Waals surface area contributed by atoms with Gasteiger partial charge in [0.15, 0.2) is 12.4 Å². The second kappa shape index (κ2) is 4.89. The molecule has 2 unspecified atom stereocenters. The molecule has 0 aliphatic rings. The molecule has 0 bridgehead atoms. The average molecular weight is 226 g/mol. The minimum atomic E-state index is -1.58. The number of nitrogens with zero attached hydrogens (tertiary/aromatic N) is 1. The fourth-order valence-electron chi connectivity index (χ4n) is 1.18. The van der Waals surface area contributed by atoms with Crippen LogP contribution in [0.4, 0.5) is 0 Å². The summed E-state index contributed by atoms with van der Waals surface area (Å²) in [6.07, 6.45) is -2.54. The summed E-state index contributed by atoms with van der Waals surface area (Å²) >= 11 is 5.71. The SMILES string of the molecule is N#CC(O)C(O)c1cccc(Cl)c1C=O. The van der Waals surface area contributed by atoms with Gasteiger partial charge in [-0.05, 0) is 11.6 Å². The van der Waals surface area contributed by atoms with Crippen LogP contribution in [0.5, 0.6) is 0 Å². The summed E-state index contributed by atoms with van der Waals surface area (Å²) in [6, 6.07) is 5.92. The molecular weight excluding hydrogens is 218 g/mol. The minimum absolute atomic E-state index is 0.0842. The highest BCUT2D eigenvalue weighted by atomic mass is 35.5.